The lowest BCUT2D eigenvalue weighted by molar-refractivity contribution is 0.548. The van der Waals surface area contributed by atoms with Gasteiger partial charge in [-0.2, -0.15) is 0 Å². The van der Waals surface area contributed by atoms with E-state index in [1.54, 1.807) is 21.6 Å². The minimum atomic E-state index is 0.406. The second-order valence-corrected chi connectivity index (χ2v) is 9.75. The molecule has 0 saturated carbocycles. The fourth-order valence-electron chi connectivity index (χ4n) is 2.62. The molecule has 0 spiro atoms. The van der Waals surface area contributed by atoms with E-state index in [0.29, 0.717) is 23.9 Å². The quantitative estimate of drug-likeness (QED) is 0.426. The summed E-state index contributed by atoms with van der Waals surface area (Å²) in [6, 6.07) is 0.813. The van der Waals surface area contributed by atoms with E-state index in [4.69, 9.17) is 9.97 Å². The minimum absolute atomic E-state index is 0.406. The van der Waals surface area contributed by atoms with Crippen molar-refractivity contribution in [2.24, 2.45) is 0 Å². The fraction of sp³-hybridized carbons (Fsp3) is 0.700. The first-order valence-corrected chi connectivity index (χ1v) is 11.9. The summed E-state index contributed by atoms with van der Waals surface area (Å²) in [7, 11) is 3.45. The van der Waals surface area contributed by atoms with E-state index < -0.39 is 0 Å². The first-order valence-electron chi connectivity index (χ1n) is 9.80. The van der Waals surface area contributed by atoms with Crippen LogP contribution in [0, 0.1) is 0 Å². The molecule has 0 fully saturated rings. The first kappa shape index (κ1) is 21.4. The summed E-state index contributed by atoms with van der Waals surface area (Å²) in [4.78, 5) is 9.84. The Labute approximate surface area is 167 Å². The van der Waals surface area contributed by atoms with E-state index in [-0.39, 0.29) is 0 Å². The van der Waals surface area contributed by atoms with Crippen molar-refractivity contribution in [3.63, 3.8) is 0 Å². The molecule has 0 aliphatic rings. The van der Waals surface area contributed by atoms with Crippen LogP contribution in [-0.4, -0.2) is 19.1 Å². The van der Waals surface area contributed by atoms with Gasteiger partial charge in [-0.05, 0) is 74.0 Å². The van der Waals surface area contributed by atoms with E-state index in [0.717, 1.165) is 23.2 Å². The lowest BCUT2D eigenvalue weighted by Gasteiger charge is -2.12. The average molecular weight is 395 g/mol. The van der Waals surface area contributed by atoms with Crippen molar-refractivity contribution in [2.75, 3.05) is 0 Å². The Morgan fingerprint density at radius 1 is 0.731 bits per heavy atom. The smallest absolute Gasteiger partial charge is 0.179 e. The van der Waals surface area contributed by atoms with Gasteiger partial charge in [-0.3, -0.25) is 0 Å². The van der Waals surface area contributed by atoms with E-state index >= 15 is 0 Å². The number of imidazole rings is 2. The van der Waals surface area contributed by atoms with E-state index in [9.17, 15) is 0 Å². The van der Waals surface area contributed by atoms with E-state index in [1.165, 1.54) is 11.4 Å². The molecule has 0 aromatic carbocycles. The second kappa shape index (κ2) is 9.36. The third-order valence-corrected chi connectivity index (χ3v) is 7.10. The lowest BCUT2D eigenvalue weighted by atomic mass is 10.1. The average Bonchev–Trinajstić information content (AvgIpc) is 3.22. The number of hydrogen-bond acceptors (Lipinski definition) is 4. The van der Waals surface area contributed by atoms with Gasteiger partial charge in [0.05, 0.1) is 11.4 Å². The Kier molecular flexibility index (Phi) is 7.71. The molecule has 0 bridgehead atoms. The standard InChI is InChI=1S/C20H34N4S2/c1-9-15(7)17-11-23(13(3)4)19(21-17)25-26-20-22-18(16(8)10-2)12-24(20)14(5)6/h11-16H,9-10H2,1-8H3. The summed E-state index contributed by atoms with van der Waals surface area (Å²) in [6.45, 7) is 17.8. The SMILES string of the molecule is CCC(C)c1cn(C(C)C)c(SSc2nc(C(C)CC)cn2C(C)C)n1. The van der Waals surface area contributed by atoms with Gasteiger partial charge in [0.15, 0.2) is 10.3 Å². The van der Waals surface area contributed by atoms with Crippen molar-refractivity contribution >= 4 is 21.6 Å². The normalized spacial score (nSPS) is 14.4. The maximum Gasteiger partial charge on any atom is 0.179 e. The molecule has 2 atom stereocenters. The topological polar surface area (TPSA) is 35.6 Å². The lowest BCUT2D eigenvalue weighted by Crippen LogP contribution is -2.01. The predicted molar refractivity (Wildman–Crippen MR) is 114 cm³/mol. The molecule has 0 amide bonds. The molecule has 2 rings (SSSR count). The molecule has 2 unspecified atom stereocenters. The first-order chi connectivity index (χ1) is 12.3. The van der Waals surface area contributed by atoms with Gasteiger partial charge in [0.25, 0.3) is 0 Å². The van der Waals surface area contributed by atoms with Gasteiger partial charge in [0.1, 0.15) is 0 Å². The summed E-state index contributed by atoms with van der Waals surface area (Å²) >= 11 is 0. The van der Waals surface area contributed by atoms with Crippen LogP contribution in [0.1, 0.15) is 104 Å². The number of hydrogen-bond donors (Lipinski definition) is 0. The monoisotopic (exact) mass is 394 g/mol. The van der Waals surface area contributed by atoms with Gasteiger partial charge >= 0.3 is 0 Å². The van der Waals surface area contributed by atoms with Gasteiger partial charge < -0.3 is 9.13 Å². The molecule has 4 nitrogen and oxygen atoms in total. The predicted octanol–water partition coefficient (Wildman–Crippen LogP) is 7.07. The van der Waals surface area contributed by atoms with Crippen molar-refractivity contribution in [3.05, 3.63) is 23.8 Å². The minimum Gasteiger partial charge on any atom is -0.323 e. The molecule has 2 aromatic rings. The zero-order valence-corrected chi connectivity index (χ0v) is 19.1. The Bertz CT molecular complexity index is 642. The molecule has 0 radical (unpaired) electrons. The molecule has 0 aliphatic carbocycles. The maximum absolute atomic E-state index is 4.92. The molecule has 0 aliphatic heterocycles. The van der Waals surface area contributed by atoms with Crippen LogP contribution in [0.5, 0.6) is 0 Å². The highest BCUT2D eigenvalue weighted by atomic mass is 33.1. The van der Waals surface area contributed by atoms with E-state index in [1.807, 2.05) is 0 Å². The molecule has 0 N–H and O–H groups in total. The summed E-state index contributed by atoms with van der Waals surface area (Å²) in [5, 5.41) is 2.15. The fourth-order valence-corrected chi connectivity index (χ4v) is 4.94. The molecular formula is C20H34N4S2. The number of aromatic nitrogens is 4. The second-order valence-electron chi connectivity index (χ2n) is 7.68. The van der Waals surface area contributed by atoms with Crippen LogP contribution in [0.25, 0.3) is 0 Å². The van der Waals surface area contributed by atoms with Crippen LogP contribution in [0.4, 0.5) is 0 Å². The molecule has 26 heavy (non-hydrogen) atoms. The molecular weight excluding hydrogens is 360 g/mol. The van der Waals surface area contributed by atoms with Gasteiger partial charge in [-0.1, -0.05) is 27.7 Å². The Morgan fingerprint density at radius 2 is 1.08 bits per heavy atom. The van der Waals surface area contributed by atoms with Crippen molar-refractivity contribution < 1.29 is 0 Å². The summed E-state index contributed by atoms with van der Waals surface area (Å²) in [6.07, 6.45) is 6.67. The summed E-state index contributed by atoms with van der Waals surface area (Å²) < 4.78 is 4.58. The Hall–Kier alpha value is -0.880. The third kappa shape index (κ3) is 4.89. The Morgan fingerprint density at radius 3 is 1.35 bits per heavy atom. The van der Waals surface area contributed by atoms with Gasteiger partial charge in [-0.15, -0.1) is 0 Å². The van der Waals surface area contributed by atoms with Crippen molar-refractivity contribution in [1.82, 2.24) is 19.1 Å². The van der Waals surface area contributed by atoms with Crippen molar-refractivity contribution in [1.29, 1.82) is 0 Å². The van der Waals surface area contributed by atoms with Crippen molar-refractivity contribution in [2.45, 2.75) is 102 Å². The molecule has 6 heteroatoms. The van der Waals surface area contributed by atoms with Crippen LogP contribution in [0.15, 0.2) is 22.7 Å². The number of nitrogens with zero attached hydrogens (tertiary/aromatic N) is 4. The zero-order chi connectivity index (χ0) is 19.4. The third-order valence-electron chi connectivity index (χ3n) is 4.97. The molecule has 146 valence electrons. The highest BCUT2D eigenvalue weighted by Crippen LogP contribution is 2.39. The summed E-state index contributed by atoms with van der Waals surface area (Å²) in [5.41, 5.74) is 2.38. The van der Waals surface area contributed by atoms with Crippen LogP contribution >= 0.6 is 21.6 Å². The van der Waals surface area contributed by atoms with Gasteiger partial charge in [-0.25, -0.2) is 9.97 Å². The summed E-state index contributed by atoms with van der Waals surface area (Å²) in [5.74, 6) is 0.989. The van der Waals surface area contributed by atoms with Crippen LogP contribution in [0.3, 0.4) is 0 Å². The Balaban J connectivity index is 2.25. The number of rotatable bonds is 9. The highest BCUT2D eigenvalue weighted by molar-refractivity contribution is 8.76. The van der Waals surface area contributed by atoms with Crippen molar-refractivity contribution in [3.8, 4) is 0 Å². The van der Waals surface area contributed by atoms with E-state index in [2.05, 4.69) is 76.9 Å². The zero-order valence-electron chi connectivity index (χ0n) is 17.5. The largest absolute Gasteiger partial charge is 0.323 e. The highest BCUT2D eigenvalue weighted by Gasteiger charge is 2.19. The molecule has 2 aromatic heterocycles. The van der Waals surface area contributed by atoms with Gasteiger partial charge in [0.2, 0.25) is 0 Å². The van der Waals surface area contributed by atoms with Crippen LogP contribution in [-0.2, 0) is 0 Å². The molecule has 0 saturated heterocycles. The molecule has 2 heterocycles. The van der Waals surface area contributed by atoms with Crippen LogP contribution < -0.4 is 0 Å². The van der Waals surface area contributed by atoms with Crippen LogP contribution in [0.2, 0.25) is 0 Å². The van der Waals surface area contributed by atoms with Gasteiger partial charge in [0, 0.05) is 24.5 Å². The maximum atomic E-state index is 4.92.